The van der Waals surface area contributed by atoms with E-state index in [9.17, 15) is 10.1 Å². The predicted molar refractivity (Wildman–Crippen MR) is 187 cm³/mol. The van der Waals surface area contributed by atoms with Crippen LogP contribution in [0, 0.1) is 25.2 Å². The molecule has 1 aliphatic heterocycles. The van der Waals surface area contributed by atoms with Gasteiger partial charge in [0.15, 0.2) is 0 Å². The number of anilines is 1. The maximum Gasteiger partial charge on any atom is 0.255 e. The van der Waals surface area contributed by atoms with Crippen LogP contribution in [0.25, 0.3) is 38.5 Å². The lowest BCUT2D eigenvalue weighted by atomic mass is 10.0. The molecular formula is C38H32N8O3. The molecule has 242 valence electrons. The summed E-state index contributed by atoms with van der Waals surface area (Å²) in [6, 6.07) is 24.8. The molecule has 0 spiro atoms. The van der Waals surface area contributed by atoms with Crippen LogP contribution in [0.15, 0.2) is 83.3 Å². The van der Waals surface area contributed by atoms with Gasteiger partial charge < -0.3 is 19.5 Å². The van der Waals surface area contributed by atoms with Crippen molar-refractivity contribution in [2.24, 2.45) is 0 Å². The SMILES string of the molecule is Cc1cc2c(C#N)ccc(COc3cccc(C4=CCN(Cc5nc6ccc(NC(=O)c7ccc8n[nH]c(C)c8c7)cc6[nH]5)CC4)n3)c2o1. The number of ether oxygens (including phenoxy) is 1. The van der Waals surface area contributed by atoms with Gasteiger partial charge in [0.1, 0.15) is 23.8 Å². The van der Waals surface area contributed by atoms with Gasteiger partial charge in [-0.2, -0.15) is 10.4 Å². The van der Waals surface area contributed by atoms with Gasteiger partial charge in [-0.05, 0) is 80.4 Å². The van der Waals surface area contributed by atoms with Crippen LogP contribution in [0.5, 0.6) is 5.88 Å². The number of rotatable bonds is 8. The molecule has 0 saturated carbocycles. The highest BCUT2D eigenvalue weighted by Crippen LogP contribution is 2.28. The minimum atomic E-state index is -0.180. The molecule has 0 radical (unpaired) electrons. The van der Waals surface area contributed by atoms with Crippen molar-refractivity contribution in [1.29, 1.82) is 5.26 Å². The number of fused-ring (bicyclic) bond motifs is 3. The summed E-state index contributed by atoms with van der Waals surface area (Å²) in [5.41, 5.74) is 8.95. The van der Waals surface area contributed by atoms with Crippen LogP contribution in [0.3, 0.4) is 0 Å². The molecular weight excluding hydrogens is 616 g/mol. The monoisotopic (exact) mass is 648 g/mol. The molecule has 11 heteroatoms. The summed E-state index contributed by atoms with van der Waals surface area (Å²) in [6.07, 6.45) is 3.06. The Morgan fingerprint density at radius 1 is 1.04 bits per heavy atom. The number of nitriles is 1. The molecule has 0 bridgehead atoms. The Kier molecular flexibility index (Phi) is 7.62. The Balaban J connectivity index is 0.896. The summed E-state index contributed by atoms with van der Waals surface area (Å²) >= 11 is 0. The number of aromatic amines is 2. The quantitative estimate of drug-likeness (QED) is 0.157. The molecule has 0 atom stereocenters. The third kappa shape index (κ3) is 6.01. The fraction of sp³-hybridized carbons (Fsp3) is 0.184. The first-order valence-corrected chi connectivity index (χ1v) is 16.1. The zero-order valence-corrected chi connectivity index (χ0v) is 27.0. The number of hydrogen-bond acceptors (Lipinski definition) is 8. The van der Waals surface area contributed by atoms with Crippen LogP contribution < -0.4 is 10.1 Å². The van der Waals surface area contributed by atoms with Gasteiger partial charge in [-0.3, -0.25) is 14.8 Å². The van der Waals surface area contributed by atoms with Gasteiger partial charge in [0, 0.05) is 52.4 Å². The third-order valence-electron chi connectivity index (χ3n) is 8.90. The largest absolute Gasteiger partial charge is 0.473 e. The number of imidazole rings is 1. The average Bonchev–Trinajstić information content (AvgIpc) is 3.83. The number of H-pyrrole nitrogens is 2. The number of nitrogens with zero attached hydrogens (tertiary/aromatic N) is 5. The molecule has 0 fully saturated rings. The van der Waals surface area contributed by atoms with E-state index in [2.05, 4.69) is 37.5 Å². The number of pyridine rings is 1. The first-order chi connectivity index (χ1) is 23.9. The van der Waals surface area contributed by atoms with E-state index < -0.39 is 0 Å². The van der Waals surface area contributed by atoms with Crippen molar-refractivity contribution < 1.29 is 13.9 Å². The smallest absolute Gasteiger partial charge is 0.255 e. The molecule has 7 aromatic rings. The highest BCUT2D eigenvalue weighted by Gasteiger charge is 2.18. The lowest BCUT2D eigenvalue weighted by molar-refractivity contribution is 0.102. The highest BCUT2D eigenvalue weighted by molar-refractivity contribution is 6.07. The number of carbonyl (C=O) groups is 1. The Morgan fingerprint density at radius 3 is 2.80 bits per heavy atom. The maximum absolute atomic E-state index is 13.0. The second-order valence-corrected chi connectivity index (χ2v) is 12.3. The zero-order valence-electron chi connectivity index (χ0n) is 27.0. The van der Waals surface area contributed by atoms with Crippen LogP contribution in [0.4, 0.5) is 5.69 Å². The summed E-state index contributed by atoms with van der Waals surface area (Å²) in [5.74, 6) is 1.98. The van der Waals surface area contributed by atoms with Crippen LogP contribution in [-0.2, 0) is 13.2 Å². The topological polar surface area (TPSA) is 149 Å². The van der Waals surface area contributed by atoms with Crippen LogP contribution in [-0.4, -0.2) is 49.0 Å². The van der Waals surface area contributed by atoms with Crippen LogP contribution in [0.2, 0.25) is 0 Å². The maximum atomic E-state index is 13.0. The lowest BCUT2D eigenvalue weighted by Gasteiger charge is -2.25. The van der Waals surface area contributed by atoms with Crippen molar-refractivity contribution in [2.45, 2.75) is 33.4 Å². The molecule has 3 N–H and O–H groups in total. The normalized spacial score (nSPS) is 13.5. The Morgan fingerprint density at radius 2 is 1.94 bits per heavy atom. The standard InChI is InChI=1S/C38H32N8O3/c1-22-16-30-26(19-39)6-7-27(37(30)49-22)21-48-36-5-3-4-31(43-36)24-12-14-46(15-13-24)20-35-41-33-11-9-28(18-34(33)42-35)40-38(47)25-8-10-32-29(17-25)23(2)44-45-32/h3-12,16-18H,13-15,20-21H2,1-2H3,(H,40,47)(H,41,42)(H,44,45). The summed E-state index contributed by atoms with van der Waals surface area (Å²) in [7, 11) is 0. The van der Waals surface area contributed by atoms with Crippen LogP contribution >= 0.6 is 0 Å². The van der Waals surface area contributed by atoms with Gasteiger partial charge in [0.05, 0.1) is 40.4 Å². The van der Waals surface area contributed by atoms with E-state index in [1.54, 1.807) is 12.1 Å². The van der Waals surface area contributed by atoms with Crippen LogP contribution in [0.1, 0.15) is 50.9 Å². The van der Waals surface area contributed by atoms with Gasteiger partial charge in [0.2, 0.25) is 5.88 Å². The van der Waals surface area contributed by atoms with E-state index in [4.69, 9.17) is 19.1 Å². The zero-order chi connectivity index (χ0) is 33.5. The van der Waals surface area contributed by atoms with E-state index in [0.717, 1.165) is 75.4 Å². The number of aryl methyl sites for hydroxylation is 2. The molecule has 4 aromatic heterocycles. The Bertz CT molecular complexity index is 2460. The Labute approximate surface area is 281 Å². The minimum absolute atomic E-state index is 0.180. The molecule has 1 aliphatic rings. The number of aromatic nitrogens is 5. The van der Waals surface area contributed by atoms with Gasteiger partial charge in [-0.1, -0.05) is 18.2 Å². The van der Waals surface area contributed by atoms with E-state index in [1.807, 2.05) is 74.5 Å². The van der Waals surface area contributed by atoms with Gasteiger partial charge in [0.25, 0.3) is 5.91 Å². The predicted octanol–water partition coefficient (Wildman–Crippen LogP) is 7.19. The summed E-state index contributed by atoms with van der Waals surface area (Å²) in [4.78, 5) is 28.3. The molecule has 8 rings (SSSR count). The lowest BCUT2D eigenvalue weighted by Crippen LogP contribution is -2.28. The summed E-state index contributed by atoms with van der Waals surface area (Å²) in [6.45, 7) is 6.39. The van der Waals surface area contributed by atoms with E-state index in [0.29, 0.717) is 34.8 Å². The molecule has 0 aliphatic carbocycles. The molecule has 0 unspecified atom stereocenters. The van der Waals surface area contributed by atoms with Crippen molar-refractivity contribution >= 4 is 50.1 Å². The Hall–Kier alpha value is -6.25. The molecule has 3 aromatic carbocycles. The first kappa shape index (κ1) is 30.1. The highest BCUT2D eigenvalue weighted by atomic mass is 16.5. The molecule has 1 amide bonds. The summed E-state index contributed by atoms with van der Waals surface area (Å²) in [5, 5.41) is 21.4. The first-order valence-electron chi connectivity index (χ1n) is 16.1. The third-order valence-corrected chi connectivity index (χ3v) is 8.90. The fourth-order valence-corrected chi connectivity index (χ4v) is 6.34. The summed E-state index contributed by atoms with van der Waals surface area (Å²) < 4.78 is 12.0. The fourth-order valence-electron chi connectivity index (χ4n) is 6.34. The number of furan rings is 1. The average molecular weight is 649 g/mol. The van der Waals surface area contributed by atoms with Gasteiger partial charge in [-0.25, -0.2) is 9.97 Å². The molecule has 0 saturated heterocycles. The number of benzene rings is 3. The van der Waals surface area contributed by atoms with Crippen molar-refractivity contribution in [1.82, 2.24) is 30.0 Å². The molecule has 49 heavy (non-hydrogen) atoms. The van der Waals surface area contributed by atoms with Crippen molar-refractivity contribution in [3.8, 4) is 11.9 Å². The van der Waals surface area contributed by atoms with Crippen molar-refractivity contribution in [3.05, 3.63) is 119 Å². The number of nitrogens with one attached hydrogen (secondary N) is 3. The van der Waals surface area contributed by atoms with Gasteiger partial charge in [-0.15, -0.1) is 0 Å². The molecule has 11 nitrogen and oxygen atoms in total. The second kappa shape index (κ2) is 12.4. The minimum Gasteiger partial charge on any atom is -0.473 e. The van der Waals surface area contributed by atoms with Crippen molar-refractivity contribution in [2.75, 3.05) is 18.4 Å². The number of carbonyl (C=O) groups excluding carboxylic acids is 1. The number of amides is 1. The van der Waals surface area contributed by atoms with Gasteiger partial charge >= 0.3 is 0 Å². The van der Waals surface area contributed by atoms with E-state index in [-0.39, 0.29) is 12.5 Å². The van der Waals surface area contributed by atoms with E-state index in [1.165, 1.54) is 5.57 Å². The van der Waals surface area contributed by atoms with Crippen molar-refractivity contribution in [3.63, 3.8) is 0 Å². The number of hydrogen-bond donors (Lipinski definition) is 3. The van der Waals surface area contributed by atoms with E-state index >= 15 is 0 Å². The molecule has 5 heterocycles. The second-order valence-electron chi connectivity index (χ2n) is 12.3.